The predicted octanol–water partition coefficient (Wildman–Crippen LogP) is 2.64. The van der Waals surface area contributed by atoms with Gasteiger partial charge in [0.05, 0.1) is 24.8 Å². The molecule has 0 aliphatic carbocycles. The van der Waals surface area contributed by atoms with Crippen LogP contribution in [-0.2, 0) is 14.3 Å². The molecule has 1 heterocycles. The summed E-state index contributed by atoms with van der Waals surface area (Å²) in [7, 11) is 0. The van der Waals surface area contributed by atoms with Crippen molar-refractivity contribution in [3.05, 3.63) is 29.8 Å². The number of ether oxygens (including phenoxy) is 3. The van der Waals surface area contributed by atoms with E-state index in [1.165, 1.54) is 0 Å². The Morgan fingerprint density at radius 3 is 2.57 bits per heavy atom. The monoisotopic (exact) mass is 289 g/mol. The molecule has 1 aliphatic rings. The molecule has 112 valence electrons. The summed E-state index contributed by atoms with van der Waals surface area (Å²) < 4.78 is 16.3. The minimum atomic E-state index is -0.404. The second-order valence-corrected chi connectivity index (χ2v) is 4.99. The molecule has 1 aromatic carbocycles. The molecule has 0 unspecified atom stereocenters. The molecule has 1 aliphatic heterocycles. The third kappa shape index (κ3) is 4.55. The molecule has 21 heavy (non-hydrogen) atoms. The van der Waals surface area contributed by atoms with Gasteiger partial charge >= 0.3 is 5.97 Å². The highest BCUT2D eigenvalue weighted by molar-refractivity contribution is 5.75. The van der Waals surface area contributed by atoms with Crippen molar-refractivity contribution in [2.24, 2.45) is 5.92 Å². The van der Waals surface area contributed by atoms with E-state index in [1.807, 2.05) is 6.07 Å². The zero-order valence-electron chi connectivity index (χ0n) is 12.1. The first kappa shape index (κ1) is 15.5. The molecule has 1 fully saturated rings. The predicted molar refractivity (Wildman–Crippen MR) is 75.5 cm³/mol. The van der Waals surface area contributed by atoms with E-state index in [9.17, 15) is 4.79 Å². The number of nitriles is 1. The molecule has 5 heteroatoms. The molecule has 0 saturated carbocycles. The Bertz CT molecular complexity index is 498. The first-order chi connectivity index (χ1) is 10.2. The van der Waals surface area contributed by atoms with Crippen molar-refractivity contribution in [3.63, 3.8) is 0 Å². The lowest BCUT2D eigenvalue weighted by Gasteiger charge is -2.28. The average molecular weight is 289 g/mol. The molecule has 0 amide bonds. The van der Waals surface area contributed by atoms with Gasteiger partial charge in [0.25, 0.3) is 0 Å². The van der Waals surface area contributed by atoms with Gasteiger partial charge in [0.1, 0.15) is 11.7 Å². The molecule has 1 aromatic rings. The molecule has 0 atom stereocenters. The number of carbonyl (C=O) groups is 1. The van der Waals surface area contributed by atoms with Crippen LogP contribution in [0, 0.1) is 17.2 Å². The van der Waals surface area contributed by atoms with Crippen molar-refractivity contribution < 1.29 is 19.0 Å². The van der Waals surface area contributed by atoms with E-state index in [1.54, 1.807) is 24.3 Å². The summed E-state index contributed by atoms with van der Waals surface area (Å²) >= 11 is 0. The lowest BCUT2D eigenvalue weighted by molar-refractivity contribution is -0.208. The van der Waals surface area contributed by atoms with E-state index in [0.29, 0.717) is 24.5 Å². The highest BCUT2D eigenvalue weighted by atomic mass is 16.7. The van der Waals surface area contributed by atoms with E-state index in [4.69, 9.17) is 19.5 Å². The molecule has 1 saturated heterocycles. The van der Waals surface area contributed by atoms with Crippen molar-refractivity contribution in [2.75, 3.05) is 13.2 Å². The van der Waals surface area contributed by atoms with Crippen molar-refractivity contribution in [1.82, 2.24) is 0 Å². The van der Waals surface area contributed by atoms with Gasteiger partial charge in [-0.2, -0.15) is 5.26 Å². The molecule has 0 bridgehead atoms. The van der Waals surface area contributed by atoms with E-state index < -0.39 is 5.92 Å². The minimum absolute atomic E-state index is 0.205. The Morgan fingerprint density at radius 1 is 1.33 bits per heavy atom. The summed E-state index contributed by atoms with van der Waals surface area (Å²) in [4.78, 5) is 12.0. The van der Waals surface area contributed by atoms with Gasteiger partial charge in [-0.1, -0.05) is 13.3 Å². The van der Waals surface area contributed by atoms with Gasteiger partial charge in [-0.25, -0.2) is 0 Å². The highest BCUT2D eigenvalue weighted by Crippen LogP contribution is 2.19. The first-order valence-corrected chi connectivity index (χ1v) is 7.18. The van der Waals surface area contributed by atoms with Gasteiger partial charge in [-0.15, -0.1) is 0 Å². The normalized spacial score (nSPS) is 21.5. The molecule has 0 radical (unpaired) electrons. The van der Waals surface area contributed by atoms with Crippen LogP contribution in [0.1, 0.15) is 31.7 Å². The van der Waals surface area contributed by atoms with E-state index >= 15 is 0 Å². The topological polar surface area (TPSA) is 68.5 Å². The zero-order chi connectivity index (χ0) is 15.1. The number of rotatable bonds is 5. The van der Waals surface area contributed by atoms with E-state index in [0.717, 1.165) is 19.3 Å². The van der Waals surface area contributed by atoms with Crippen LogP contribution < -0.4 is 4.74 Å². The maximum atomic E-state index is 12.0. The third-order valence-corrected chi connectivity index (χ3v) is 3.30. The quantitative estimate of drug-likeness (QED) is 0.615. The van der Waals surface area contributed by atoms with Gasteiger partial charge in [0, 0.05) is 0 Å². The number of unbranched alkanes of at least 4 members (excludes halogenated alkanes) is 1. The average Bonchev–Trinajstić information content (AvgIpc) is 2.54. The van der Waals surface area contributed by atoms with Gasteiger partial charge < -0.3 is 14.2 Å². The van der Waals surface area contributed by atoms with Gasteiger partial charge in [0.2, 0.25) is 0 Å². The number of carbonyl (C=O) groups excluding carboxylic acids is 1. The zero-order valence-corrected chi connectivity index (χ0v) is 12.1. The summed E-state index contributed by atoms with van der Waals surface area (Å²) in [6.45, 7) is 2.76. The van der Waals surface area contributed by atoms with Gasteiger partial charge in [-0.3, -0.25) is 4.79 Å². The SMILES string of the molecule is CCCCC1OCC(C(=O)Oc2ccc(C#N)cc2)CO1. The summed E-state index contributed by atoms with van der Waals surface area (Å²) in [6, 6.07) is 8.43. The second kappa shape index (κ2) is 7.77. The van der Waals surface area contributed by atoms with Gasteiger partial charge in [-0.05, 0) is 37.1 Å². The fourth-order valence-electron chi connectivity index (χ4n) is 2.01. The van der Waals surface area contributed by atoms with Crippen LogP contribution in [0.15, 0.2) is 24.3 Å². The largest absolute Gasteiger partial charge is 0.426 e. The summed E-state index contributed by atoms with van der Waals surface area (Å²) in [5.41, 5.74) is 0.526. The number of nitrogens with zero attached hydrogens (tertiary/aromatic N) is 1. The van der Waals surface area contributed by atoms with Crippen LogP contribution in [0.25, 0.3) is 0 Å². The fourth-order valence-corrected chi connectivity index (χ4v) is 2.01. The second-order valence-electron chi connectivity index (χ2n) is 4.99. The molecule has 0 spiro atoms. The van der Waals surface area contributed by atoms with E-state index in [2.05, 4.69) is 6.92 Å². The Labute approximate surface area is 124 Å². The van der Waals surface area contributed by atoms with Crippen molar-refractivity contribution >= 4 is 5.97 Å². The van der Waals surface area contributed by atoms with E-state index in [-0.39, 0.29) is 12.3 Å². The Morgan fingerprint density at radius 2 is 2.00 bits per heavy atom. The molecule has 2 rings (SSSR count). The standard InChI is InChI=1S/C16H19NO4/c1-2-3-4-15-19-10-13(11-20-15)16(18)21-14-7-5-12(9-17)6-8-14/h5-8,13,15H,2-4,10-11H2,1H3. The number of hydrogen-bond acceptors (Lipinski definition) is 5. The lowest BCUT2D eigenvalue weighted by Crippen LogP contribution is -2.38. The van der Waals surface area contributed by atoms with Crippen molar-refractivity contribution in [1.29, 1.82) is 5.26 Å². The van der Waals surface area contributed by atoms with Gasteiger partial charge in [0.15, 0.2) is 6.29 Å². The Balaban J connectivity index is 1.80. The third-order valence-electron chi connectivity index (χ3n) is 3.30. The molecule has 0 aromatic heterocycles. The Hall–Kier alpha value is -1.90. The fraction of sp³-hybridized carbons (Fsp3) is 0.500. The maximum Gasteiger partial charge on any atom is 0.319 e. The smallest absolute Gasteiger partial charge is 0.319 e. The minimum Gasteiger partial charge on any atom is -0.426 e. The van der Waals surface area contributed by atoms with Crippen LogP contribution in [0.2, 0.25) is 0 Å². The number of benzene rings is 1. The molecular formula is C16H19NO4. The summed E-state index contributed by atoms with van der Waals surface area (Å²) in [5.74, 6) is -0.348. The first-order valence-electron chi connectivity index (χ1n) is 7.18. The van der Waals surface area contributed by atoms with Crippen molar-refractivity contribution in [2.45, 2.75) is 32.5 Å². The maximum absolute atomic E-state index is 12.0. The van der Waals surface area contributed by atoms with Crippen LogP contribution in [-0.4, -0.2) is 25.5 Å². The van der Waals surface area contributed by atoms with Crippen LogP contribution in [0.5, 0.6) is 5.75 Å². The van der Waals surface area contributed by atoms with Crippen molar-refractivity contribution in [3.8, 4) is 11.8 Å². The summed E-state index contributed by atoms with van der Waals surface area (Å²) in [6.07, 6.45) is 2.79. The van der Waals surface area contributed by atoms with Crippen LogP contribution in [0.3, 0.4) is 0 Å². The number of esters is 1. The van der Waals surface area contributed by atoms with Crippen LogP contribution >= 0.6 is 0 Å². The molecular weight excluding hydrogens is 270 g/mol. The highest BCUT2D eigenvalue weighted by Gasteiger charge is 2.28. The Kier molecular flexibility index (Phi) is 5.73. The van der Waals surface area contributed by atoms with Crippen LogP contribution in [0.4, 0.5) is 0 Å². The summed E-state index contributed by atoms with van der Waals surface area (Å²) in [5, 5.41) is 8.71. The lowest BCUT2D eigenvalue weighted by atomic mass is 10.1. The molecule has 5 nitrogen and oxygen atoms in total. The number of hydrogen-bond donors (Lipinski definition) is 0. The molecule has 0 N–H and O–H groups in total.